The number of piperazine rings is 1. The third-order valence-electron chi connectivity index (χ3n) is 4.47. The quantitative estimate of drug-likeness (QED) is 0.846. The van der Waals surface area contributed by atoms with E-state index >= 15 is 0 Å². The Kier molecular flexibility index (Phi) is 5.63. The van der Waals surface area contributed by atoms with Gasteiger partial charge in [-0.05, 0) is 25.0 Å². The van der Waals surface area contributed by atoms with E-state index in [1.165, 1.54) is 0 Å². The maximum absolute atomic E-state index is 12.3. The van der Waals surface area contributed by atoms with Crippen LogP contribution in [0.15, 0.2) is 24.4 Å². The number of rotatable bonds is 5. The summed E-state index contributed by atoms with van der Waals surface area (Å²) in [7, 11) is 0. The van der Waals surface area contributed by atoms with Crippen LogP contribution in [-0.2, 0) is 14.3 Å². The van der Waals surface area contributed by atoms with Crippen LogP contribution in [0.3, 0.4) is 0 Å². The average molecular weight is 332 g/mol. The van der Waals surface area contributed by atoms with Gasteiger partial charge in [0.1, 0.15) is 11.9 Å². The molecule has 130 valence electrons. The first kappa shape index (κ1) is 16.7. The Bertz CT molecular complexity index is 552. The number of pyridine rings is 1. The Morgan fingerprint density at radius 2 is 2.08 bits per heavy atom. The zero-order valence-corrected chi connectivity index (χ0v) is 13.8. The van der Waals surface area contributed by atoms with Gasteiger partial charge in [0, 0.05) is 51.9 Å². The molecule has 2 saturated heterocycles. The van der Waals surface area contributed by atoms with E-state index in [4.69, 9.17) is 4.74 Å². The van der Waals surface area contributed by atoms with E-state index in [0.717, 1.165) is 31.7 Å². The summed E-state index contributed by atoms with van der Waals surface area (Å²) in [5, 5.41) is 2.80. The molecule has 0 spiro atoms. The van der Waals surface area contributed by atoms with E-state index < -0.39 is 0 Å². The molecule has 3 rings (SSSR count). The molecule has 1 aromatic rings. The highest BCUT2D eigenvalue weighted by molar-refractivity contribution is 5.82. The Balaban J connectivity index is 1.37. The van der Waals surface area contributed by atoms with Crippen molar-refractivity contribution in [3.8, 4) is 0 Å². The number of anilines is 1. The van der Waals surface area contributed by atoms with Crippen molar-refractivity contribution in [2.75, 3.05) is 44.2 Å². The number of aromatic nitrogens is 1. The molecule has 1 atom stereocenters. The summed E-state index contributed by atoms with van der Waals surface area (Å²) >= 11 is 0. The summed E-state index contributed by atoms with van der Waals surface area (Å²) in [5.74, 6) is 0.942. The standard InChI is InChI=1S/C17H24N4O3/c22-16(6-8-19-17(23)14-4-3-13-24-14)21-11-9-20(10-12-21)15-5-1-2-7-18-15/h1-2,5,7,14H,3-4,6,8-13H2,(H,19,23). The van der Waals surface area contributed by atoms with Crippen LogP contribution >= 0.6 is 0 Å². The van der Waals surface area contributed by atoms with E-state index in [-0.39, 0.29) is 17.9 Å². The van der Waals surface area contributed by atoms with Crippen molar-refractivity contribution >= 4 is 17.6 Å². The van der Waals surface area contributed by atoms with Gasteiger partial charge in [0.15, 0.2) is 0 Å². The van der Waals surface area contributed by atoms with E-state index in [1.807, 2.05) is 23.1 Å². The average Bonchev–Trinajstić information content (AvgIpc) is 3.17. The van der Waals surface area contributed by atoms with Crippen LogP contribution in [0.5, 0.6) is 0 Å². The van der Waals surface area contributed by atoms with E-state index in [2.05, 4.69) is 15.2 Å². The zero-order valence-electron chi connectivity index (χ0n) is 13.8. The van der Waals surface area contributed by atoms with Gasteiger partial charge in [-0.1, -0.05) is 6.07 Å². The molecule has 0 saturated carbocycles. The van der Waals surface area contributed by atoms with Gasteiger partial charge in [0.25, 0.3) is 0 Å². The second-order valence-corrected chi connectivity index (χ2v) is 6.10. The highest BCUT2D eigenvalue weighted by Gasteiger charge is 2.24. The van der Waals surface area contributed by atoms with Crippen molar-refractivity contribution in [1.29, 1.82) is 0 Å². The summed E-state index contributed by atoms with van der Waals surface area (Å²) in [4.78, 5) is 32.5. The van der Waals surface area contributed by atoms with Gasteiger partial charge in [0.2, 0.25) is 11.8 Å². The minimum atomic E-state index is -0.331. The molecule has 2 amide bonds. The Morgan fingerprint density at radius 1 is 1.25 bits per heavy atom. The van der Waals surface area contributed by atoms with E-state index in [1.54, 1.807) is 6.20 Å². The fourth-order valence-corrected chi connectivity index (χ4v) is 3.07. The predicted octanol–water partition coefficient (Wildman–Crippen LogP) is 0.416. The lowest BCUT2D eigenvalue weighted by Crippen LogP contribution is -2.49. The van der Waals surface area contributed by atoms with Crippen LogP contribution in [0.2, 0.25) is 0 Å². The molecule has 1 N–H and O–H groups in total. The van der Waals surface area contributed by atoms with Gasteiger partial charge in [-0.25, -0.2) is 4.98 Å². The van der Waals surface area contributed by atoms with Gasteiger partial charge in [-0.2, -0.15) is 0 Å². The number of carbonyl (C=O) groups is 2. The van der Waals surface area contributed by atoms with Crippen LogP contribution in [-0.4, -0.2) is 67.1 Å². The monoisotopic (exact) mass is 332 g/mol. The molecular formula is C17H24N4O3. The Morgan fingerprint density at radius 3 is 2.75 bits per heavy atom. The minimum Gasteiger partial charge on any atom is -0.368 e. The van der Waals surface area contributed by atoms with Crippen LogP contribution in [0.1, 0.15) is 19.3 Å². The molecule has 24 heavy (non-hydrogen) atoms. The normalized spacial score (nSPS) is 20.9. The Labute approximate surface area is 142 Å². The molecule has 7 nitrogen and oxygen atoms in total. The van der Waals surface area contributed by atoms with Crippen molar-refractivity contribution in [1.82, 2.24) is 15.2 Å². The molecule has 2 fully saturated rings. The van der Waals surface area contributed by atoms with Gasteiger partial charge in [-0.15, -0.1) is 0 Å². The van der Waals surface area contributed by atoms with Gasteiger partial charge in [-0.3, -0.25) is 9.59 Å². The van der Waals surface area contributed by atoms with Crippen molar-refractivity contribution in [3.63, 3.8) is 0 Å². The minimum absolute atomic E-state index is 0.0864. The smallest absolute Gasteiger partial charge is 0.249 e. The van der Waals surface area contributed by atoms with Crippen molar-refractivity contribution in [2.24, 2.45) is 0 Å². The molecule has 0 bridgehead atoms. The van der Waals surface area contributed by atoms with E-state index in [9.17, 15) is 9.59 Å². The Hall–Kier alpha value is -2.15. The lowest BCUT2D eigenvalue weighted by atomic mass is 10.2. The third-order valence-corrected chi connectivity index (χ3v) is 4.47. The topological polar surface area (TPSA) is 74.8 Å². The molecule has 3 heterocycles. The first-order chi connectivity index (χ1) is 11.7. The number of nitrogens with one attached hydrogen (secondary N) is 1. The third kappa shape index (κ3) is 4.23. The highest BCUT2D eigenvalue weighted by Crippen LogP contribution is 2.13. The first-order valence-electron chi connectivity index (χ1n) is 8.57. The van der Waals surface area contributed by atoms with Gasteiger partial charge < -0.3 is 19.9 Å². The highest BCUT2D eigenvalue weighted by atomic mass is 16.5. The second-order valence-electron chi connectivity index (χ2n) is 6.10. The van der Waals surface area contributed by atoms with E-state index in [0.29, 0.717) is 32.7 Å². The van der Waals surface area contributed by atoms with Crippen molar-refractivity contribution < 1.29 is 14.3 Å². The SMILES string of the molecule is O=C(NCCC(=O)N1CCN(c2ccccn2)CC1)C1CCCO1. The van der Waals surface area contributed by atoms with Crippen molar-refractivity contribution in [3.05, 3.63) is 24.4 Å². The maximum Gasteiger partial charge on any atom is 0.249 e. The summed E-state index contributed by atoms with van der Waals surface area (Å²) in [6, 6.07) is 5.85. The van der Waals surface area contributed by atoms with Gasteiger partial charge >= 0.3 is 0 Å². The fourth-order valence-electron chi connectivity index (χ4n) is 3.07. The summed E-state index contributed by atoms with van der Waals surface area (Å²) in [5.41, 5.74) is 0. The lowest BCUT2D eigenvalue weighted by molar-refractivity contribution is -0.132. The zero-order chi connectivity index (χ0) is 16.8. The largest absolute Gasteiger partial charge is 0.368 e. The molecular weight excluding hydrogens is 308 g/mol. The number of ether oxygens (including phenoxy) is 1. The number of carbonyl (C=O) groups excluding carboxylic acids is 2. The molecule has 0 aromatic carbocycles. The van der Waals surface area contributed by atoms with Crippen LogP contribution in [0, 0.1) is 0 Å². The first-order valence-corrected chi connectivity index (χ1v) is 8.57. The summed E-state index contributed by atoms with van der Waals surface area (Å²) in [6.45, 7) is 3.97. The molecule has 2 aliphatic rings. The molecule has 1 unspecified atom stereocenters. The van der Waals surface area contributed by atoms with Gasteiger partial charge in [0.05, 0.1) is 0 Å². The lowest BCUT2D eigenvalue weighted by Gasteiger charge is -2.35. The second kappa shape index (κ2) is 8.10. The molecule has 0 radical (unpaired) electrons. The summed E-state index contributed by atoms with van der Waals surface area (Å²) < 4.78 is 5.32. The molecule has 2 aliphatic heterocycles. The number of hydrogen-bond acceptors (Lipinski definition) is 5. The summed E-state index contributed by atoms with van der Waals surface area (Å²) in [6.07, 6.45) is 3.49. The number of hydrogen-bond donors (Lipinski definition) is 1. The van der Waals surface area contributed by atoms with Crippen LogP contribution in [0.25, 0.3) is 0 Å². The van der Waals surface area contributed by atoms with Crippen molar-refractivity contribution in [2.45, 2.75) is 25.4 Å². The van der Waals surface area contributed by atoms with Crippen LogP contribution < -0.4 is 10.2 Å². The fraction of sp³-hybridized carbons (Fsp3) is 0.588. The number of amides is 2. The van der Waals surface area contributed by atoms with Crippen LogP contribution in [0.4, 0.5) is 5.82 Å². The number of nitrogens with zero attached hydrogens (tertiary/aromatic N) is 3. The predicted molar refractivity (Wildman–Crippen MR) is 89.6 cm³/mol. The maximum atomic E-state index is 12.3. The molecule has 7 heteroatoms. The molecule has 0 aliphatic carbocycles. The molecule has 1 aromatic heterocycles.